The van der Waals surface area contributed by atoms with E-state index in [1.807, 2.05) is 12.1 Å². The predicted molar refractivity (Wildman–Crippen MR) is 63.9 cm³/mol. The molecule has 90 valence electrons. The molecule has 17 heavy (non-hydrogen) atoms. The highest BCUT2D eigenvalue weighted by Crippen LogP contribution is 2.28. The van der Waals surface area contributed by atoms with Crippen LogP contribution in [0, 0.1) is 17.2 Å². The van der Waals surface area contributed by atoms with Gasteiger partial charge in [-0.15, -0.1) is 0 Å². The molecule has 1 heterocycles. The Bertz CT molecular complexity index is 413. The van der Waals surface area contributed by atoms with Crippen LogP contribution in [0.1, 0.15) is 30.5 Å². The molecule has 1 saturated carbocycles. The minimum atomic E-state index is 0.277. The Hall–Kier alpha value is -1.44. The van der Waals surface area contributed by atoms with Crippen LogP contribution in [0.15, 0.2) is 18.3 Å². The molecule has 0 bridgehead atoms. The van der Waals surface area contributed by atoms with E-state index in [0.29, 0.717) is 24.8 Å². The van der Waals surface area contributed by atoms with Crippen LogP contribution in [0.5, 0.6) is 0 Å². The van der Waals surface area contributed by atoms with Gasteiger partial charge in [-0.25, -0.2) is 4.98 Å². The normalized spacial score (nSPS) is 23.5. The van der Waals surface area contributed by atoms with Gasteiger partial charge in [-0.1, -0.05) is 6.42 Å². The van der Waals surface area contributed by atoms with Crippen molar-refractivity contribution in [2.24, 2.45) is 11.7 Å². The van der Waals surface area contributed by atoms with E-state index in [9.17, 15) is 0 Å². The molecule has 0 aliphatic heterocycles. The number of pyridine rings is 1. The fourth-order valence-electron chi connectivity index (χ4n) is 2.32. The number of nitrogens with two attached hydrogens (primary N) is 1. The lowest BCUT2D eigenvalue weighted by Gasteiger charge is -2.18. The van der Waals surface area contributed by atoms with Gasteiger partial charge in [-0.3, -0.25) is 0 Å². The fraction of sp³-hybridized carbons (Fsp3) is 0.538. The molecule has 4 nitrogen and oxygen atoms in total. The van der Waals surface area contributed by atoms with Gasteiger partial charge in [0.2, 0.25) is 0 Å². The minimum Gasteiger partial charge on any atom is -0.373 e. The highest BCUT2D eigenvalue weighted by atomic mass is 16.5. The zero-order valence-electron chi connectivity index (χ0n) is 9.80. The van der Waals surface area contributed by atoms with Crippen molar-refractivity contribution in [1.82, 2.24) is 4.98 Å². The van der Waals surface area contributed by atoms with Gasteiger partial charge in [0.05, 0.1) is 12.7 Å². The third-order valence-electron chi connectivity index (χ3n) is 3.30. The number of hydrogen-bond donors (Lipinski definition) is 1. The second-order valence-electron chi connectivity index (χ2n) is 4.44. The molecule has 0 radical (unpaired) electrons. The first kappa shape index (κ1) is 12.0. The Kier molecular flexibility index (Phi) is 4.08. The van der Waals surface area contributed by atoms with E-state index in [4.69, 9.17) is 15.7 Å². The lowest BCUT2D eigenvalue weighted by atomic mass is 10.1. The lowest BCUT2D eigenvalue weighted by molar-refractivity contribution is 0.0182. The average Bonchev–Trinajstić information content (AvgIpc) is 2.84. The summed E-state index contributed by atoms with van der Waals surface area (Å²) >= 11 is 0. The van der Waals surface area contributed by atoms with E-state index < -0.39 is 0 Å². The van der Waals surface area contributed by atoms with Crippen molar-refractivity contribution in [3.05, 3.63) is 29.6 Å². The largest absolute Gasteiger partial charge is 0.373 e. The molecule has 1 aliphatic rings. The molecule has 1 aromatic rings. The molecule has 0 amide bonds. The van der Waals surface area contributed by atoms with Gasteiger partial charge < -0.3 is 10.5 Å². The molecule has 1 fully saturated rings. The summed E-state index contributed by atoms with van der Waals surface area (Å²) in [6.45, 7) is 1.24. The van der Waals surface area contributed by atoms with Crippen molar-refractivity contribution in [1.29, 1.82) is 5.26 Å². The number of ether oxygens (including phenoxy) is 1. The van der Waals surface area contributed by atoms with E-state index in [1.54, 1.807) is 12.3 Å². The maximum Gasteiger partial charge on any atom is 0.140 e. The van der Waals surface area contributed by atoms with Crippen LogP contribution in [0.2, 0.25) is 0 Å². The topological polar surface area (TPSA) is 71.9 Å². The lowest BCUT2D eigenvalue weighted by Crippen LogP contribution is -2.25. The first-order valence-corrected chi connectivity index (χ1v) is 6.00. The standard InChI is InChI=1S/C13H17N3O/c14-7-11-2-1-3-13(11)17-9-10-4-5-16-12(6-10)8-15/h4-6,11,13H,1-3,7,9,14H2. The molecule has 1 aliphatic carbocycles. The Labute approximate surface area is 101 Å². The van der Waals surface area contributed by atoms with Gasteiger partial charge in [0.1, 0.15) is 11.8 Å². The SMILES string of the molecule is N#Cc1cc(COC2CCCC2CN)ccn1. The summed E-state index contributed by atoms with van der Waals surface area (Å²) in [7, 11) is 0. The van der Waals surface area contributed by atoms with Gasteiger partial charge in [0.15, 0.2) is 0 Å². The number of aromatic nitrogens is 1. The maximum absolute atomic E-state index is 8.75. The average molecular weight is 231 g/mol. The molecule has 2 atom stereocenters. The van der Waals surface area contributed by atoms with Gasteiger partial charge >= 0.3 is 0 Å². The number of nitriles is 1. The Morgan fingerprint density at radius 3 is 3.18 bits per heavy atom. The van der Waals surface area contributed by atoms with E-state index in [1.165, 1.54) is 12.8 Å². The Balaban J connectivity index is 1.91. The highest BCUT2D eigenvalue weighted by molar-refractivity contribution is 5.24. The van der Waals surface area contributed by atoms with E-state index in [-0.39, 0.29) is 6.10 Å². The third kappa shape index (κ3) is 3.02. The molecular weight excluding hydrogens is 214 g/mol. The van der Waals surface area contributed by atoms with Crippen LogP contribution in [0.4, 0.5) is 0 Å². The molecule has 1 aromatic heterocycles. The maximum atomic E-state index is 8.75. The van der Waals surface area contributed by atoms with Crippen LogP contribution >= 0.6 is 0 Å². The summed E-state index contributed by atoms with van der Waals surface area (Å²) < 4.78 is 5.87. The second kappa shape index (κ2) is 5.76. The molecule has 0 saturated heterocycles. The van der Waals surface area contributed by atoms with Gasteiger partial charge in [0.25, 0.3) is 0 Å². The van der Waals surface area contributed by atoms with Crippen LogP contribution in [-0.4, -0.2) is 17.6 Å². The van der Waals surface area contributed by atoms with Crippen LogP contribution in [-0.2, 0) is 11.3 Å². The highest BCUT2D eigenvalue weighted by Gasteiger charge is 2.26. The molecule has 2 rings (SSSR count). The zero-order valence-corrected chi connectivity index (χ0v) is 9.80. The van der Waals surface area contributed by atoms with Crippen molar-refractivity contribution >= 4 is 0 Å². The first-order valence-electron chi connectivity index (χ1n) is 6.00. The van der Waals surface area contributed by atoms with Crippen molar-refractivity contribution in [2.75, 3.05) is 6.54 Å². The second-order valence-corrected chi connectivity index (χ2v) is 4.44. The molecule has 2 N–H and O–H groups in total. The fourth-order valence-corrected chi connectivity index (χ4v) is 2.32. The first-order chi connectivity index (χ1) is 8.33. The molecular formula is C13H17N3O. The van der Waals surface area contributed by atoms with Crippen LogP contribution in [0.3, 0.4) is 0 Å². The Morgan fingerprint density at radius 2 is 2.41 bits per heavy atom. The summed E-state index contributed by atoms with van der Waals surface area (Å²) in [5.41, 5.74) is 7.14. The number of hydrogen-bond acceptors (Lipinski definition) is 4. The quantitative estimate of drug-likeness (QED) is 0.854. The molecule has 2 unspecified atom stereocenters. The van der Waals surface area contributed by atoms with Gasteiger partial charge in [0, 0.05) is 6.20 Å². The monoisotopic (exact) mass is 231 g/mol. The smallest absolute Gasteiger partial charge is 0.140 e. The summed E-state index contributed by atoms with van der Waals surface area (Å²) in [5.74, 6) is 0.493. The summed E-state index contributed by atoms with van der Waals surface area (Å²) in [6, 6.07) is 5.68. The number of rotatable bonds is 4. The van der Waals surface area contributed by atoms with Crippen molar-refractivity contribution in [3.8, 4) is 6.07 Å². The van der Waals surface area contributed by atoms with Crippen molar-refractivity contribution < 1.29 is 4.74 Å². The predicted octanol–water partition coefficient (Wildman–Crippen LogP) is 1.60. The van der Waals surface area contributed by atoms with E-state index in [2.05, 4.69) is 4.98 Å². The van der Waals surface area contributed by atoms with Crippen LogP contribution in [0.25, 0.3) is 0 Å². The Morgan fingerprint density at radius 1 is 1.53 bits per heavy atom. The van der Waals surface area contributed by atoms with Gasteiger partial charge in [-0.2, -0.15) is 5.26 Å². The molecule has 0 aromatic carbocycles. The molecule has 4 heteroatoms. The summed E-state index contributed by atoms with van der Waals surface area (Å²) in [6.07, 6.45) is 5.39. The van der Waals surface area contributed by atoms with E-state index >= 15 is 0 Å². The van der Waals surface area contributed by atoms with E-state index in [0.717, 1.165) is 12.0 Å². The minimum absolute atomic E-state index is 0.277. The summed E-state index contributed by atoms with van der Waals surface area (Å²) in [4.78, 5) is 3.93. The third-order valence-corrected chi connectivity index (χ3v) is 3.30. The zero-order chi connectivity index (χ0) is 12.1. The number of nitrogens with zero attached hydrogens (tertiary/aromatic N) is 2. The van der Waals surface area contributed by atoms with Crippen molar-refractivity contribution in [3.63, 3.8) is 0 Å². The van der Waals surface area contributed by atoms with Crippen LogP contribution < -0.4 is 5.73 Å². The van der Waals surface area contributed by atoms with Crippen molar-refractivity contribution in [2.45, 2.75) is 32.0 Å². The summed E-state index contributed by atoms with van der Waals surface area (Å²) in [5, 5.41) is 8.75. The van der Waals surface area contributed by atoms with Gasteiger partial charge in [-0.05, 0) is 43.0 Å². The molecule has 0 spiro atoms.